The van der Waals surface area contributed by atoms with Crippen molar-refractivity contribution in [2.45, 2.75) is 6.54 Å². The zero-order valence-electron chi connectivity index (χ0n) is 10.2. The van der Waals surface area contributed by atoms with Crippen LogP contribution in [-0.4, -0.2) is 27.6 Å². The van der Waals surface area contributed by atoms with Crippen molar-refractivity contribution in [3.8, 4) is 0 Å². The van der Waals surface area contributed by atoms with Gasteiger partial charge in [-0.3, -0.25) is 9.78 Å². The summed E-state index contributed by atoms with van der Waals surface area (Å²) in [7, 11) is 1.36. The summed E-state index contributed by atoms with van der Waals surface area (Å²) in [6.45, 7) is 0.0866. The summed E-state index contributed by atoms with van der Waals surface area (Å²) in [5.41, 5.74) is 2.55. The van der Waals surface area contributed by atoms with Gasteiger partial charge in [-0.25, -0.2) is 0 Å². The van der Waals surface area contributed by atoms with Gasteiger partial charge in [-0.15, -0.1) is 0 Å². The molecule has 0 amide bonds. The Morgan fingerprint density at radius 3 is 3.05 bits per heavy atom. The van der Waals surface area contributed by atoms with Gasteiger partial charge in [0.1, 0.15) is 6.54 Å². The van der Waals surface area contributed by atoms with Gasteiger partial charge in [-0.1, -0.05) is 18.2 Å². The highest BCUT2D eigenvalue weighted by Crippen LogP contribution is 2.23. The van der Waals surface area contributed by atoms with Crippen LogP contribution in [0.5, 0.6) is 0 Å². The average molecular weight is 273 g/mol. The van der Waals surface area contributed by atoms with E-state index >= 15 is 0 Å². The molecule has 6 heteroatoms. The standard InChI is InChI=1S/C13H11N3O2S/c1-18-11(17)7-16-12-8-4-2-3-5-9(8)14-6-10(12)15-13(16)19/h2-6H,7H2,1H3,(H,15,19). The van der Waals surface area contributed by atoms with E-state index in [1.165, 1.54) is 7.11 Å². The fourth-order valence-corrected chi connectivity index (χ4v) is 2.40. The summed E-state index contributed by atoms with van der Waals surface area (Å²) in [6, 6.07) is 7.74. The summed E-state index contributed by atoms with van der Waals surface area (Å²) in [5.74, 6) is -0.335. The number of carbonyl (C=O) groups excluding carboxylic acids is 1. The number of imidazole rings is 1. The lowest BCUT2D eigenvalue weighted by Crippen LogP contribution is -2.11. The number of nitrogens with one attached hydrogen (secondary N) is 1. The molecule has 0 fully saturated rings. The van der Waals surface area contributed by atoms with E-state index < -0.39 is 0 Å². The monoisotopic (exact) mass is 273 g/mol. The topological polar surface area (TPSA) is 59.9 Å². The fraction of sp³-hybridized carbons (Fsp3) is 0.154. The number of aromatic amines is 1. The van der Waals surface area contributed by atoms with Crippen molar-refractivity contribution < 1.29 is 9.53 Å². The van der Waals surface area contributed by atoms with Gasteiger partial charge in [0.2, 0.25) is 0 Å². The molecule has 0 aliphatic heterocycles. The minimum atomic E-state index is -0.335. The normalized spacial score (nSPS) is 11.0. The van der Waals surface area contributed by atoms with Crippen LogP contribution in [0.3, 0.4) is 0 Å². The second-order valence-corrected chi connectivity index (χ2v) is 4.52. The SMILES string of the molecule is COC(=O)Cn1c(=S)[nH]c2cnc3ccccc3c21. The van der Waals surface area contributed by atoms with E-state index in [1.54, 1.807) is 10.8 Å². The van der Waals surface area contributed by atoms with Crippen molar-refractivity contribution in [2.75, 3.05) is 7.11 Å². The van der Waals surface area contributed by atoms with Crippen LogP contribution in [0.4, 0.5) is 0 Å². The second-order valence-electron chi connectivity index (χ2n) is 4.13. The molecule has 2 heterocycles. The smallest absolute Gasteiger partial charge is 0.325 e. The van der Waals surface area contributed by atoms with Gasteiger partial charge in [-0.2, -0.15) is 0 Å². The number of carbonyl (C=O) groups is 1. The van der Waals surface area contributed by atoms with E-state index in [0.29, 0.717) is 4.77 Å². The summed E-state index contributed by atoms with van der Waals surface area (Å²) in [6.07, 6.45) is 1.72. The van der Waals surface area contributed by atoms with E-state index in [4.69, 9.17) is 17.0 Å². The van der Waals surface area contributed by atoms with Crippen LogP contribution in [-0.2, 0) is 16.1 Å². The largest absolute Gasteiger partial charge is 0.468 e. The number of methoxy groups -OCH3 is 1. The highest BCUT2D eigenvalue weighted by molar-refractivity contribution is 7.71. The highest BCUT2D eigenvalue weighted by atomic mass is 32.1. The molecule has 0 unspecified atom stereocenters. The van der Waals surface area contributed by atoms with E-state index in [9.17, 15) is 4.79 Å². The molecule has 5 nitrogen and oxygen atoms in total. The number of para-hydroxylation sites is 1. The zero-order valence-corrected chi connectivity index (χ0v) is 11.0. The lowest BCUT2D eigenvalue weighted by Gasteiger charge is -2.05. The van der Waals surface area contributed by atoms with Crippen LogP contribution in [0.2, 0.25) is 0 Å². The number of pyridine rings is 1. The number of fused-ring (bicyclic) bond motifs is 3. The quantitative estimate of drug-likeness (QED) is 0.575. The van der Waals surface area contributed by atoms with E-state index in [-0.39, 0.29) is 12.5 Å². The first-order valence-electron chi connectivity index (χ1n) is 5.74. The zero-order chi connectivity index (χ0) is 13.4. The molecule has 0 saturated carbocycles. The maximum Gasteiger partial charge on any atom is 0.325 e. The Morgan fingerprint density at radius 2 is 2.26 bits per heavy atom. The lowest BCUT2D eigenvalue weighted by atomic mass is 10.2. The number of benzene rings is 1. The van der Waals surface area contributed by atoms with E-state index in [2.05, 4.69) is 9.97 Å². The number of hydrogen-bond acceptors (Lipinski definition) is 4. The van der Waals surface area contributed by atoms with Crippen molar-refractivity contribution in [3.63, 3.8) is 0 Å². The summed E-state index contributed by atoms with van der Waals surface area (Å²) in [4.78, 5) is 18.9. The van der Waals surface area contributed by atoms with E-state index in [1.807, 2.05) is 24.3 Å². The summed E-state index contributed by atoms with van der Waals surface area (Å²) in [5, 5.41) is 0.955. The Hall–Kier alpha value is -2.21. The van der Waals surface area contributed by atoms with Crippen LogP contribution in [0.15, 0.2) is 30.5 Å². The predicted molar refractivity (Wildman–Crippen MR) is 74.4 cm³/mol. The molecule has 0 spiro atoms. The van der Waals surface area contributed by atoms with Crippen molar-refractivity contribution in [1.82, 2.24) is 14.5 Å². The van der Waals surface area contributed by atoms with Gasteiger partial charge < -0.3 is 14.3 Å². The lowest BCUT2D eigenvalue weighted by molar-refractivity contribution is -0.141. The van der Waals surface area contributed by atoms with Gasteiger partial charge in [0.15, 0.2) is 4.77 Å². The third-order valence-corrected chi connectivity index (χ3v) is 3.34. The highest BCUT2D eigenvalue weighted by Gasteiger charge is 2.12. The molecule has 19 heavy (non-hydrogen) atoms. The molecule has 2 aromatic heterocycles. The number of esters is 1. The Bertz CT molecular complexity index is 835. The van der Waals surface area contributed by atoms with Crippen molar-refractivity contribution >= 4 is 40.1 Å². The Balaban J connectivity index is 2.36. The molecule has 0 atom stereocenters. The van der Waals surface area contributed by atoms with Gasteiger partial charge in [0, 0.05) is 5.39 Å². The summed E-state index contributed by atoms with van der Waals surface area (Å²) < 4.78 is 6.93. The predicted octanol–water partition coefficient (Wildman–Crippen LogP) is 2.42. The van der Waals surface area contributed by atoms with Crippen LogP contribution >= 0.6 is 12.2 Å². The number of rotatable bonds is 2. The first-order valence-corrected chi connectivity index (χ1v) is 6.14. The number of H-pyrrole nitrogens is 1. The fourth-order valence-electron chi connectivity index (χ4n) is 2.14. The van der Waals surface area contributed by atoms with Crippen LogP contribution in [0.1, 0.15) is 0 Å². The molecule has 0 bridgehead atoms. The first-order chi connectivity index (χ1) is 9.20. The second kappa shape index (κ2) is 4.47. The Labute approximate surface area is 113 Å². The van der Waals surface area contributed by atoms with Gasteiger partial charge >= 0.3 is 5.97 Å². The van der Waals surface area contributed by atoms with Crippen LogP contribution in [0.25, 0.3) is 21.9 Å². The minimum Gasteiger partial charge on any atom is -0.468 e. The number of nitrogens with zero attached hydrogens (tertiary/aromatic N) is 2. The van der Waals surface area contributed by atoms with Crippen molar-refractivity contribution in [2.24, 2.45) is 0 Å². The van der Waals surface area contributed by atoms with Crippen LogP contribution < -0.4 is 0 Å². The van der Waals surface area contributed by atoms with Crippen molar-refractivity contribution in [3.05, 3.63) is 35.2 Å². The molecule has 0 aliphatic rings. The molecule has 0 saturated heterocycles. The number of ether oxygens (including phenoxy) is 1. The average Bonchev–Trinajstić information content (AvgIpc) is 2.75. The van der Waals surface area contributed by atoms with Crippen molar-refractivity contribution in [1.29, 1.82) is 0 Å². The first kappa shape index (κ1) is 11.9. The van der Waals surface area contributed by atoms with Gasteiger partial charge in [-0.05, 0) is 18.3 Å². The van der Waals surface area contributed by atoms with Gasteiger partial charge in [0.25, 0.3) is 0 Å². The molecule has 0 radical (unpaired) electrons. The Morgan fingerprint density at radius 1 is 1.47 bits per heavy atom. The van der Waals surface area contributed by atoms with E-state index in [0.717, 1.165) is 21.9 Å². The third kappa shape index (κ3) is 1.90. The number of hydrogen-bond donors (Lipinski definition) is 1. The molecule has 3 aromatic rings. The third-order valence-electron chi connectivity index (χ3n) is 3.02. The molecule has 3 rings (SSSR count). The maximum atomic E-state index is 11.5. The van der Waals surface area contributed by atoms with Gasteiger partial charge in [0.05, 0.1) is 29.9 Å². The summed E-state index contributed by atoms with van der Waals surface area (Å²) >= 11 is 5.25. The van der Waals surface area contributed by atoms with Crippen LogP contribution in [0, 0.1) is 4.77 Å². The molecular formula is C13H11N3O2S. The minimum absolute atomic E-state index is 0.0866. The maximum absolute atomic E-state index is 11.5. The molecule has 96 valence electrons. The number of aromatic nitrogens is 3. The Kier molecular flexibility index (Phi) is 2.79. The molecule has 0 aliphatic carbocycles. The molecule has 1 N–H and O–H groups in total. The molecular weight excluding hydrogens is 262 g/mol. The molecule has 1 aromatic carbocycles.